The van der Waals surface area contributed by atoms with Crippen LogP contribution in [0.1, 0.15) is 104 Å². The molecule has 2 aliphatic heterocycles. The van der Waals surface area contributed by atoms with Crippen LogP contribution in [0, 0.1) is 0 Å². The van der Waals surface area contributed by atoms with Gasteiger partial charge in [0.2, 0.25) is 0 Å². The van der Waals surface area contributed by atoms with Gasteiger partial charge in [-0.2, -0.15) is 0 Å². The number of carbonyl (C=O) groups is 2. The number of hydrogen-bond acceptors (Lipinski definition) is 8. The lowest BCUT2D eigenvalue weighted by Gasteiger charge is -2.38. The van der Waals surface area contributed by atoms with E-state index in [1.54, 1.807) is 54.6 Å². The average molecular weight is 633 g/mol. The zero-order chi connectivity index (χ0) is 32.2. The first kappa shape index (κ1) is 34.0. The minimum Gasteiger partial charge on any atom is -0.448 e. The van der Waals surface area contributed by atoms with E-state index in [0.717, 1.165) is 44.1 Å². The number of benzene rings is 2. The van der Waals surface area contributed by atoms with Gasteiger partial charge in [0.25, 0.3) is 0 Å². The van der Waals surface area contributed by atoms with Crippen molar-refractivity contribution >= 4 is 11.9 Å². The third-order valence-corrected chi connectivity index (χ3v) is 8.60. The lowest BCUT2D eigenvalue weighted by molar-refractivity contribution is -0.102. The molecule has 0 saturated carbocycles. The van der Waals surface area contributed by atoms with Crippen LogP contribution in [0.2, 0.25) is 0 Å². The Bertz CT molecular complexity index is 1310. The third-order valence-electron chi connectivity index (χ3n) is 8.60. The fraction of sp³-hybridized carbons (Fsp3) is 0.526. The number of carbonyl (C=O) groups excluding carboxylic acids is 2. The number of rotatable bonds is 20. The fourth-order valence-electron chi connectivity index (χ4n) is 5.74. The molecular formula is C38H48O8. The fourth-order valence-corrected chi connectivity index (χ4v) is 5.74. The maximum atomic E-state index is 13.7. The van der Waals surface area contributed by atoms with Gasteiger partial charge in [0.15, 0.2) is 5.60 Å². The Labute approximate surface area is 273 Å². The predicted octanol–water partition coefficient (Wildman–Crippen LogP) is 7.68. The highest BCUT2D eigenvalue weighted by Crippen LogP contribution is 2.38. The number of epoxide rings is 2. The predicted molar refractivity (Wildman–Crippen MR) is 174 cm³/mol. The van der Waals surface area contributed by atoms with Crippen molar-refractivity contribution in [1.29, 1.82) is 0 Å². The minimum atomic E-state index is -1.13. The molecule has 0 aromatic heterocycles. The van der Waals surface area contributed by atoms with Crippen LogP contribution in [0.4, 0.5) is 0 Å². The zero-order valence-electron chi connectivity index (χ0n) is 27.2. The summed E-state index contributed by atoms with van der Waals surface area (Å²) in [7, 11) is 0. The van der Waals surface area contributed by atoms with E-state index in [9.17, 15) is 9.59 Å². The average Bonchev–Trinajstić information content (AvgIpc) is 4.02. The van der Waals surface area contributed by atoms with Crippen molar-refractivity contribution in [2.75, 3.05) is 26.4 Å². The van der Waals surface area contributed by atoms with Gasteiger partial charge < -0.3 is 28.4 Å². The van der Waals surface area contributed by atoms with Crippen molar-refractivity contribution in [2.24, 2.45) is 0 Å². The second-order valence-corrected chi connectivity index (χ2v) is 12.3. The Kier molecular flexibility index (Phi) is 12.6. The maximum Gasteiger partial charge on any atom is 0.343 e. The highest BCUT2D eigenvalue weighted by atomic mass is 16.6. The van der Waals surface area contributed by atoms with Crippen LogP contribution in [0.3, 0.4) is 0 Å². The van der Waals surface area contributed by atoms with Crippen molar-refractivity contribution < 1.29 is 38.0 Å². The first-order valence-corrected chi connectivity index (χ1v) is 17.0. The topological polar surface area (TPSA) is 96.1 Å². The van der Waals surface area contributed by atoms with Crippen LogP contribution in [0.5, 0.6) is 0 Å². The minimum absolute atomic E-state index is 0.0466. The molecule has 2 aromatic carbocycles. The molecule has 0 amide bonds. The van der Waals surface area contributed by atoms with Gasteiger partial charge in [-0.25, -0.2) is 9.59 Å². The molecule has 0 spiro atoms. The molecule has 1 aliphatic carbocycles. The van der Waals surface area contributed by atoms with Gasteiger partial charge in [-0.1, -0.05) is 82.7 Å². The molecule has 2 heterocycles. The summed E-state index contributed by atoms with van der Waals surface area (Å²) in [6.07, 6.45) is 13.5. The maximum absolute atomic E-state index is 13.7. The first-order chi connectivity index (χ1) is 22.5. The Hall–Kier alpha value is -3.30. The highest BCUT2D eigenvalue weighted by Gasteiger charge is 2.51. The lowest BCUT2D eigenvalue weighted by atomic mass is 9.86. The lowest BCUT2D eigenvalue weighted by Crippen LogP contribution is -2.50. The summed E-state index contributed by atoms with van der Waals surface area (Å²) in [6, 6.07) is 16.2. The summed E-state index contributed by atoms with van der Waals surface area (Å²) in [4.78, 5) is 26.4. The van der Waals surface area contributed by atoms with Crippen molar-refractivity contribution in [1.82, 2.24) is 0 Å². The standard InChI is InChI=1S/C38H48O8/c1-3-5-7-12-24-41-34(32-26-43-32)28-16-18-30(19-17-28)37(40)46-38(35(33-27-44-33)42-25-13-8-6-4-2)22-20-31(21-23-38)45-36(39)29-14-10-9-11-15-29/h9-11,14-22,32-35H,3-8,12-13,23-27H2,1-2H3. The van der Waals surface area contributed by atoms with Crippen LogP contribution in [-0.2, 0) is 28.4 Å². The largest absolute Gasteiger partial charge is 0.448 e. The summed E-state index contributed by atoms with van der Waals surface area (Å²) in [5.41, 5.74) is 0.740. The van der Waals surface area contributed by atoms with Crippen LogP contribution in [-0.4, -0.2) is 62.3 Å². The second-order valence-electron chi connectivity index (χ2n) is 12.3. The van der Waals surface area contributed by atoms with E-state index in [0.29, 0.717) is 43.3 Å². The van der Waals surface area contributed by atoms with Crippen molar-refractivity contribution in [3.05, 3.63) is 95.3 Å². The van der Waals surface area contributed by atoms with Crippen molar-refractivity contribution in [2.45, 2.75) is 102 Å². The van der Waals surface area contributed by atoms with E-state index in [1.165, 1.54) is 12.8 Å². The molecule has 2 fully saturated rings. The number of esters is 2. The van der Waals surface area contributed by atoms with E-state index in [1.807, 2.05) is 18.2 Å². The van der Waals surface area contributed by atoms with Gasteiger partial charge in [-0.3, -0.25) is 0 Å². The summed E-state index contributed by atoms with van der Waals surface area (Å²) in [6.45, 7) is 6.80. The molecule has 248 valence electrons. The molecule has 8 heteroatoms. The number of unbranched alkanes of at least 4 members (excludes halogenated alkanes) is 6. The number of allylic oxidation sites excluding steroid dienone is 1. The van der Waals surface area contributed by atoms with E-state index in [4.69, 9.17) is 28.4 Å². The van der Waals surface area contributed by atoms with Crippen molar-refractivity contribution in [3.63, 3.8) is 0 Å². The van der Waals surface area contributed by atoms with Gasteiger partial charge in [0.1, 0.15) is 30.2 Å². The molecule has 0 N–H and O–H groups in total. The molecule has 0 radical (unpaired) electrons. The van der Waals surface area contributed by atoms with Crippen LogP contribution >= 0.6 is 0 Å². The summed E-state index contributed by atoms with van der Waals surface area (Å²) < 4.78 is 35.9. The van der Waals surface area contributed by atoms with Gasteiger partial charge >= 0.3 is 11.9 Å². The molecule has 8 nitrogen and oxygen atoms in total. The Morgan fingerprint density at radius 3 is 2.00 bits per heavy atom. The third kappa shape index (κ3) is 9.61. The molecule has 5 rings (SSSR count). The molecule has 46 heavy (non-hydrogen) atoms. The highest BCUT2D eigenvalue weighted by molar-refractivity contribution is 5.90. The zero-order valence-corrected chi connectivity index (χ0v) is 27.2. The SMILES string of the molecule is CCCCCCOC(c1ccc(C(=O)OC2(C(OCCCCCC)C3CO3)C=CC(OC(=O)c3ccccc3)=CC2)cc1)C1CO1. The van der Waals surface area contributed by atoms with Crippen LogP contribution < -0.4 is 0 Å². The number of hydrogen-bond donors (Lipinski definition) is 0. The van der Waals surface area contributed by atoms with E-state index < -0.39 is 23.6 Å². The van der Waals surface area contributed by atoms with E-state index >= 15 is 0 Å². The van der Waals surface area contributed by atoms with Crippen molar-refractivity contribution in [3.8, 4) is 0 Å². The molecule has 2 aromatic rings. The van der Waals surface area contributed by atoms with E-state index in [2.05, 4.69) is 13.8 Å². The molecule has 5 unspecified atom stereocenters. The molecule has 3 aliphatic rings. The number of ether oxygens (including phenoxy) is 6. The second kappa shape index (κ2) is 17.0. The summed E-state index contributed by atoms with van der Waals surface area (Å²) >= 11 is 0. The Balaban J connectivity index is 1.28. The van der Waals surface area contributed by atoms with Crippen LogP contribution in [0.25, 0.3) is 0 Å². The van der Waals surface area contributed by atoms with Gasteiger partial charge in [0, 0.05) is 19.6 Å². The molecular weight excluding hydrogens is 584 g/mol. The summed E-state index contributed by atoms with van der Waals surface area (Å²) in [5.74, 6) is -0.518. The Morgan fingerprint density at radius 2 is 1.41 bits per heavy atom. The van der Waals surface area contributed by atoms with E-state index in [-0.39, 0.29) is 24.7 Å². The van der Waals surface area contributed by atoms with Crippen LogP contribution in [0.15, 0.2) is 78.6 Å². The smallest absolute Gasteiger partial charge is 0.343 e. The molecule has 5 atom stereocenters. The summed E-state index contributed by atoms with van der Waals surface area (Å²) in [5, 5.41) is 0. The normalized spacial score (nSPS) is 22.9. The van der Waals surface area contributed by atoms with Gasteiger partial charge in [-0.15, -0.1) is 0 Å². The Morgan fingerprint density at radius 1 is 0.783 bits per heavy atom. The first-order valence-electron chi connectivity index (χ1n) is 17.0. The van der Waals surface area contributed by atoms with Gasteiger partial charge in [0.05, 0.1) is 24.3 Å². The quantitative estimate of drug-likeness (QED) is 0.0833. The molecule has 0 bridgehead atoms. The molecule has 2 saturated heterocycles. The monoisotopic (exact) mass is 632 g/mol. The van der Waals surface area contributed by atoms with Gasteiger partial charge in [-0.05, 0) is 60.9 Å².